The third-order valence-electron chi connectivity index (χ3n) is 3.27. The van der Waals surface area contributed by atoms with E-state index in [9.17, 15) is 0 Å². The highest BCUT2D eigenvalue weighted by Gasteiger charge is 2.30. The van der Waals surface area contributed by atoms with Crippen molar-refractivity contribution in [1.29, 1.82) is 0 Å². The summed E-state index contributed by atoms with van der Waals surface area (Å²) >= 11 is 0. The molecule has 1 aromatic rings. The normalized spacial score (nSPS) is 22.2. The summed E-state index contributed by atoms with van der Waals surface area (Å²) in [7, 11) is 3.72. The van der Waals surface area contributed by atoms with Crippen LogP contribution in [0.1, 0.15) is 18.7 Å². The molecule has 0 radical (unpaired) electrons. The first-order valence-electron chi connectivity index (χ1n) is 6.64. The van der Waals surface area contributed by atoms with Crippen LogP contribution >= 0.6 is 0 Å². The minimum atomic E-state index is -0.00333. The molecular formula is C13H22N4O2. The van der Waals surface area contributed by atoms with E-state index in [1.165, 1.54) is 0 Å². The Hall–Kier alpha value is -1.24. The molecule has 6 nitrogen and oxygen atoms in total. The molecule has 2 unspecified atom stereocenters. The molecular weight excluding hydrogens is 244 g/mol. The molecule has 0 spiro atoms. The lowest BCUT2D eigenvalue weighted by molar-refractivity contribution is -0.0401. The quantitative estimate of drug-likeness (QED) is 0.836. The minimum Gasteiger partial charge on any atom is -0.480 e. The Morgan fingerprint density at radius 2 is 2.32 bits per heavy atom. The van der Waals surface area contributed by atoms with E-state index in [0.717, 1.165) is 31.9 Å². The number of methoxy groups -OCH3 is 1. The average Bonchev–Trinajstić information content (AvgIpc) is 2.45. The summed E-state index contributed by atoms with van der Waals surface area (Å²) in [5.74, 6) is 0.560. The van der Waals surface area contributed by atoms with Crippen molar-refractivity contribution in [2.24, 2.45) is 0 Å². The number of nitrogens with zero attached hydrogens (tertiary/aromatic N) is 3. The summed E-state index contributed by atoms with van der Waals surface area (Å²) in [6.07, 6.45) is 3.39. The van der Waals surface area contributed by atoms with Gasteiger partial charge in [0.05, 0.1) is 25.9 Å². The van der Waals surface area contributed by atoms with Gasteiger partial charge in [-0.25, -0.2) is 4.98 Å². The zero-order chi connectivity index (χ0) is 13.7. The number of aromatic nitrogens is 2. The maximum absolute atomic E-state index is 5.89. The van der Waals surface area contributed by atoms with Gasteiger partial charge in [-0.1, -0.05) is 6.92 Å². The Morgan fingerprint density at radius 3 is 3.00 bits per heavy atom. The zero-order valence-corrected chi connectivity index (χ0v) is 11.8. The monoisotopic (exact) mass is 266 g/mol. The number of ether oxygens (including phenoxy) is 2. The predicted octanol–water partition coefficient (Wildman–Crippen LogP) is 0.466. The van der Waals surface area contributed by atoms with Crippen LogP contribution in [0.4, 0.5) is 0 Å². The van der Waals surface area contributed by atoms with Gasteiger partial charge in [-0.05, 0) is 13.6 Å². The number of nitrogens with one attached hydrogen (secondary N) is 1. The second kappa shape index (κ2) is 6.79. The van der Waals surface area contributed by atoms with E-state index < -0.39 is 0 Å². The Labute approximate surface area is 114 Å². The molecule has 0 aromatic carbocycles. The first kappa shape index (κ1) is 14.2. The fourth-order valence-electron chi connectivity index (χ4n) is 2.34. The van der Waals surface area contributed by atoms with E-state index in [1.807, 2.05) is 0 Å². The van der Waals surface area contributed by atoms with Gasteiger partial charge in [-0.15, -0.1) is 0 Å². The number of hydrogen-bond donors (Lipinski definition) is 1. The molecule has 1 aliphatic rings. The van der Waals surface area contributed by atoms with Gasteiger partial charge in [-0.2, -0.15) is 0 Å². The molecule has 2 rings (SSSR count). The van der Waals surface area contributed by atoms with E-state index in [2.05, 4.69) is 34.2 Å². The van der Waals surface area contributed by atoms with Crippen LogP contribution in [0.25, 0.3) is 0 Å². The van der Waals surface area contributed by atoms with E-state index >= 15 is 0 Å². The highest BCUT2D eigenvalue weighted by molar-refractivity contribution is 5.22. The van der Waals surface area contributed by atoms with E-state index in [0.29, 0.717) is 5.88 Å². The SMILES string of the molecule is CCNC(c1nccnc1OC)C1CN(C)CCO1. The van der Waals surface area contributed by atoms with Gasteiger partial charge in [0.2, 0.25) is 5.88 Å². The molecule has 1 aliphatic heterocycles. The summed E-state index contributed by atoms with van der Waals surface area (Å²) in [5, 5.41) is 3.43. The van der Waals surface area contributed by atoms with Crippen LogP contribution in [0.5, 0.6) is 5.88 Å². The van der Waals surface area contributed by atoms with Gasteiger partial charge >= 0.3 is 0 Å². The number of morpholine rings is 1. The molecule has 1 aromatic heterocycles. The van der Waals surface area contributed by atoms with E-state index in [4.69, 9.17) is 9.47 Å². The molecule has 6 heteroatoms. The lowest BCUT2D eigenvalue weighted by atomic mass is 10.1. The largest absolute Gasteiger partial charge is 0.480 e. The molecule has 1 fully saturated rings. The van der Waals surface area contributed by atoms with Crippen molar-refractivity contribution in [3.8, 4) is 5.88 Å². The average molecular weight is 266 g/mol. The summed E-state index contributed by atoms with van der Waals surface area (Å²) < 4.78 is 11.2. The van der Waals surface area contributed by atoms with Crippen LogP contribution in [0.15, 0.2) is 12.4 Å². The van der Waals surface area contributed by atoms with Crippen molar-refractivity contribution in [2.45, 2.75) is 19.1 Å². The first-order chi connectivity index (χ1) is 9.26. The second-order valence-corrected chi connectivity index (χ2v) is 4.66. The fourth-order valence-corrected chi connectivity index (χ4v) is 2.34. The van der Waals surface area contributed by atoms with E-state index in [-0.39, 0.29) is 12.1 Å². The third kappa shape index (κ3) is 3.40. The van der Waals surface area contributed by atoms with Crippen LogP contribution in [0.2, 0.25) is 0 Å². The molecule has 0 amide bonds. The van der Waals surface area contributed by atoms with Crippen molar-refractivity contribution in [2.75, 3.05) is 40.4 Å². The molecule has 1 N–H and O–H groups in total. The lowest BCUT2D eigenvalue weighted by Gasteiger charge is -2.35. The predicted molar refractivity (Wildman–Crippen MR) is 72.2 cm³/mol. The van der Waals surface area contributed by atoms with Gasteiger partial charge in [0.15, 0.2) is 0 Å². The topological polar surface area (TPSA) is 59.5 Å². The molecule has 0 bridgehead atoms. The standard InChI is InChI=1S/C13H22N4O2/c1-4-14-11(10-9-17(2)7-8-19-10)12-13(18-3)16-6-5-15-12/h5-6,10-11,14H,4,7-9H2,1-3H3. The highest BCUT2D eigenvalue weighted by atomic mass is 16.5. The van der Waals surface area contributed by atoms with Crippen LogP contribution in [-0.2, 0) is 4.74 Å². The molecule has 2 heterocycles. The van der Waals surface area contributed by atoms with Gasteiger partial charge in [0.1, 0.15) is 5.69 Å². The van der Waals surface area contributed by atoms with Crippen molar-refractivity contribution < 1.29 is 9.47 Å². The van der Waals surface area contributed by atoms with Gasteiger partial charge < -0.3 is 19.7 Å². The maximum Gasteiger partial charge on any atom is 0.237 e. The molecule has 0 aliphatic carbocycles. The summed E-state index contributed by atoms with van der Waals surface area (Å²) in [6.45, 7) is 5.49. The first-order valence-corrected chi connectivity index (χ1v) is 6.64. The number of rotatable bonds is 5. The Bertz CT molecular complexity index is 402. The van der Waals surface area contributed by atoms with Crippen LogP contribution in [0, 0.1) is 0 Å². The molecule has 0 saturated carbocycles. The molecule has 19 heavy (non-hydrogen) atoms. The van der Waals surface area contributed by atoms with Crippen molar-refractivity contribution >= 4 is 0 Å². The highest BCUT2D eigenvalue weighted by Crippen LogP contribution is 2.26. The van der Waals surface area contributed by atoms with Crippen molar-refractivity contribution in [1.82, 2.24) is 20.2 Å². The minimum absolute atomic E-state index is 0.00333. The van der Waals surface area contributed by atoms with Gasteiger partial charge in [0, 0.05) is 25.5 Å². The lowest BCUT2D eigenvalue weighted by Crippen LogP contribution is -2.47. The molecule has 106 valence electrons. The third-order valence-corrected chi connectivity index (χ3v) is 3.27. The van der Waals surface area contributed by atoms with Crippen LogP contribution < -0.4 is 10.1 Å². The van der Waals surface area contributed by atoms with Crippen LogP contribution in [0.3, 0.4) is 0 Å². The fraction of sp³-hybridized carbons (Fsp3) is 0.692. The van der Waals surface area contributed by atoms with Crippen LogP contribution in [-0.4, -0.2) is 61.4 Å². The Balaban J connectivity index is 2.23. The zero-order valence-electron chi connectivity index (χ0n) is 11.8. The second-order valence-electron chi connectivity index (χ2n) is 4.66. The van der Waals surface area contributed by atoms with Crippen molar-refractivity contribution in [3.05, 3.63) is 18.1 Å². The maximum atomic E-state index is 5.89. The van der Waals surface area contributed by atoms with Gasteiger partial charge in [0.25, 0.3) is 0 Å². The number of hydrogen-bond acceptors (Lipinski definition) is 6. The summed E-state index contributed by atoms with van der Waals surface area (Å²) in [4.78, 5) is 10.9. The molecule has 1 saturated heterocycles. The van der Waals surface area contributed by atoms with Gasteiger partial charge in [-0.3, -0.25) is 4.98 Å². The number of likely N-dealkylation sites (N-methyl/N-ethyl adjacent to an activating group) is 2. The Morgan fingerprint density at radius 1 is 1.53 bits per heavy atom. The Kier molecular flexibility index (Phi) is 5.07. The summed E-state index contributed by atoms with van der Waals surface area (Å²) in [5.41, 5.74) is 0.812. The summed E-state index contributed by atoms with van der Waals surface area (Å²) in [6, 6.07) is -0.00333. The van der Waals surface area contributed by atoms with Crippen molar-refractivity contribution in [3.63, 3.8) is 0 Å². The van der Waals surface area contributed by atoms with E-state index in [1.54, 1.807) is 19.5 Å². The molecule has 2 atom stereocenters. The smallest absolute Gasteiger partial charge is 0.237 e.